The van der Waals surface area contributed by atoms with E-state index in [0.29, 0.717) is 18.0 Å². The molecule has 1 aliphatic rings. The van der Waals surface area contributed by atoms with Crippen LogP contribution in [0.1, 0.15) is 39.3 Å². The maximum absolute atomic E-state index is 11.2. The van der Waals surface area contributed by atoms with Crippen molar-refractivity contribution in [3.63, 3.8) is 0 Å². The van der Waals surface area contributed by atoms with Gasteiger partial charge in [-0.3, -0.25) is 9.69 Å². The van der Waals surface area contributed by atoms with Crippen LogP contribution in [0.5, 0.6) is 0 Å². The Kier molecular flexibility index (Phi) is 5.19. The Morgan fingerprint density at radius 1 is 1.53 bits per heavy atom. The molecule has 19 heavy (non-hydrogen) atoms. The van der Waals surface area contributed by atoms with E-state index in [1.54, 1.807) is 0 Å². The summed E-state index contributed by atoms with van der Waals surface area (Å²) in [6.07, 6.45) is 2.35. The van der Waals surface area contributed by atoms with Gasteiger partial charge in [-0.1, -0.05) is 38.5 Å². The van der Waals surface area contributed by atoms with Gasteiger partial charge in [0.2, 0.25) is 0 Å². The summed E-state index contributed by atoms with van der Waals surface area (Å²) < 4.78 is 0. The maximum Gasteiger partial charge on any atom is 0.304 e. The Hall–Kier alpha value is -0.650. The molecule has 0 amide bonds. The van der Waals surface area contributed by atoms with Crippen LogP contribution in [0, 0.1) is 5.92 Å². The molecule has 1 fully saturated rings. The van der Waals surface area contributed by atoms with Crippen molar-refractivity contribution in [2.75, 3.05) is 13.1 Å². The minimum atomic E-state index is 0.0525. The lowest BCUT2D eigenvalue weighted by molar-refractivity contribution is 0.0982. The standard InChI is InChI=1S/C14H25N3OS/c1-4-10(3)13-8-17(12(5-2)6-15-13)7-11-9-19-14(18)16-11/h9-10,12-13,15H,4-8H2,1-3H3,(H,16,18). The smallest absolute Gasteiger partial charge is 0.304 e. The number of thiazole rings is 1. The summed E-state index contributed by atoms with van der Waals surface area (Å²) in [5.74, 6) is 0.696. The lowest BCUT2D eigenvalue weighted by Crippen LogP contribution is -2.57. The Bertz CT molecular complexity index is 442. The van der Waals surface area contributed by atoms with Crippen molar-refractivity contribution < 1.29 is 0 Å². The number of nitrogens with zero attached hydrogens (tertiary/aromatic N) is 1. The number of rotatable bonds is 5. The van der Waals surface area contributed by atoms with Crippen LogP contribution >= 0.6 is 11.3 Å². The highest BCUT2D eigenvalue weighted by atomic mass is 32.1. The predicted molar refractivity (Wildman–Crippen MR) is 80.7 cm³/mol. The highest BCUT2D eigenvalue weighted by Crippen LogP contribution is 2.19. The molecule has 1 saturated heterocycles. The zero-order chi connectivity index (χ0) is 13.8. The van der Waals surface area contributed by atoms with Gasteiger partial charge in [0.15, 0.2) is 0 Å². The van der Waals surface area contributed by atoms with E-state index in [2.05, 4.69) is 36.0 Å². The first kappa shape index (κ1) is 14.8. The topological polar surface area (TPSA) is 48.1 Å². The summed E-state index contributed by atoms with van der Waals surface area (Å²) in [5.41, 5.74) is 1.05. The number of H-pyrrole nitrogens is 1. The second-order valence-electron chi connectivity index (χ2n) is 5.57. The second-order valence-corrected chi connectivity index (χ2v) is 6.41. The van der Waals surface area contributed by atoms with Gasteiger partial charge in [0.25, 0.3) is 0 Å². The molecule has 0 saturated carbocycles. The van der Waals surface area contributed by atoms with Crippen LogP contribution in [0.15, 0.2) is 10.2 Å². The van der Waals surface area contributed by atoms with Crippen LogP contribution in [-0.2, 0) is 6.54 Å². The number of hydrogen-bond donors (Lipinski definition) is 2. The van der Waals surface area contributed by atoms with Crippen LogP contribution in [0.4, 0.5) is 0 Å². The quantitative estimate of drug-likeness (QED) is 0.869. The van der Waals surface area contributed by atoms with E-state index in [1.807, 2.05) is 5.38 Å². The zero-order valence-corrected chi connectivity index (χ0v) is 12.9. The van der Waals surface area contributed by atoms with Crippen molar-refractivity contribution >= 4 is 11.3 Å². The van der Waals surface area contributed by atoms with E-state index in [1.165, 1.54) is 17.8 Å². The van der Waals surface area contributed by atoms with Crippen LogP contribution in [-0.4, -0.2) is 35.1 Å². The molecule has 3 atom stereocenters. The third-order valence-corrected chi connectivity index (χ3v) is 5.03. The van der Waals surface area contributed by atoms with Gasteiger partial charge in [-0.2, -0.15) is 0 Å². The third-order valence-electron chi connectivity index (χ3n) is 4.31. The summed E-state index contributed by atoms with van der Waals surface area (Å²) >= 11 is 1.26. The fourth-order valence-electron chi connectivity index (χ4n) is 2.75. The highest BCUT2D eigenvalue weighted by Gasteiger charge is 2.29. The Balaban J connectivity index is 2.03. The first-order valence-corrected chi connectivity index (χ1v) is 8.16. The van der Waals surface area contributed by atoms with E-state index in [4.69, 9.17) is 0 Å². The van der Waals surface area contributed by atoms with E-state index in [0.717, 1.165) is 31.7 Å². The van der Waals surface area contributed by atoms with E-state index in [9.17, 15) is 4.79 Å². The van der Waals surface area contributed by atoms with Crippen molar-refractivity contribution in [3.05, 3.63) is 20.7 Å². The molecular weight excluding hydrogens is 258 g/mol. The van der Waals surface area contributed by atoms with Gasteiger partial charge in [-0.05, 0) is 12.3 Å². The lowest BCUT2D eigenvalue weighted by Gasteiger charge is -2.42. The van der Waals surface area contributed by atoms with Crippen molar-refractivity contribution in [1.29, 1.82) is 0 Å². The lowest BCUT2D eigenvalue weighted by atomic mass is 9.95. The molecule has 0 aliphatic carbocycles. The molecule has 0 radical (unpaired) electrons. The average Bonchev–Trinajstić information content (AvgIpc) is 2.83. The summed E-state index contributed by atoms with van der Waals surface area (Å²) in [4.78, 5) is 16.7. The van der Waals surface area contributed by atoms with Crippen LogP contribution in [0.2, 0.25) is 0 Å². The highest BCUT2D eigenvalue weighted by molar-refractivity contribution is 7.07. The van der Waals surface area contributed by atoms with Gasteiger partial charge in [-0.15, -0.1) is 0 Å². The molecule has 108 valence electrons. The molecule has 2 heterocycles. The number of aromatic nitrogens is 1. The summed E-state index contributed by atoms with van der Waals surface area (Å²) in [6, 6.07) is 1.14. The predicted octanol–water partition coefficient (Wildman–Crippen LogP) is 2.03. The molecule has 1 aromatic heterocycles. The van der Waals surface area contributed by atoms with Crippen molar-refractivity contribution in [2.45, 2.75) is 52.2 Å². The summed E-state index contributed by atoms with van der Waals surface area (Å²) in [7, 11) is 0. The number of aromatic amines is 1. The van der Waals surface area contributed by atoms with Crippen LogP contribution in [0.25, 0.3) is 0 Å². The fraction of sp³-hybridized carbons (Fsp3) is 0.786. The van der Waals surface area contributed by atoms with E-state index in [-0.39, 0.29) is 4.87 Å². The Morgan fingerprint density at radius 3 is 2.89 bits per heavy atom. The number of piperazine rings is 1. The molecule has 1 aromatic rings. The van der Waals surface area contributed by atoms with Gasteiger partial charge >= 0.3 is 4.87 Å². The third kappa shape index (κ3) is 3.68. The first-order chi connectivity index (χ1) is 9.13. The molecule has 1 aliphatic heterocycles. The molecule has 0 bridgehead atoms. The average molecular weight is 283 g/mol. The molecule has 2 N–H and O–H groups in total. The molecule has 4 nitrogen and oxygen atoms in total. The van der Waals surface area contributed by atoms with Crippen molar-refractivity contribution in [2.24, 2.45) is 5.92 Å². The van der Waals surface area contributed by atoms with Gasteiger partial charge in [-0.25, -0.2) is 0 Å². The molecule has 0 aromatic carbocycles. The van der Waals surface area contributed by atoms with Gasteiger partial charge in [0.05, 0.1) is 0 Å². The Morgan fingerprint density at radius 2 is 2.32 bits per heavy atom. The monoisotopic (exact) mass is 283 g/mol. The molecule has 3 unspecified atom stereocenters. The van der Waals surface area contributed by atoms with Gasteiger partial charge < -0.3 is 10.3 Å². The largest absolute Gasteiger partial charge is 0.315 e. The molecule has 0 spiro atoms. The van der Waals surface area contributed by atoms with E-state index >= 15 is 0 Å². The SMILES string of the molecule is CCC(C)C1CN(Cc2csc(=O)[nH]2)C(CC)CN1. The Labute approximate surface area is 119 Å². The van der Waals surface area contributed by atoms with Crippen molar-refractivity contribution in [1.82, 2.24) is 15.2 Å². The fourth-order valence-corrected chi connectivity index (χ4v) is 3.33. The number of nitrogens with one attached hydrogen (secondary N) is 2. The first-order valence-electron chi connectivity index (χ1n) is 7.28. The zero-order valence-electron chi connectivity index (χ0n) is 12.1. The molecular formula is C14H25N3OS. The molecule has 5 heteroatoms. The minimum Gasteiger partial charge on any atom is -0.315 e. The van der Waals surface area contributed by atoms with Crippen LogP contribution in [0.3, 0.4) is 0 Å². The second kappa shape index (κ2) is 6.68. The van der Waals surface area contributed by atoms with E-state index < -0.39 is 0 Å². The van der Waals surface area contributed by atoms with Gasteiger partial charge in [0, 0.05) is 42.8 Å². The van der Waals surface area contributed by atoms with Crippen molar-refractivity contribution in [3.8, 4) is 0 Å². The minimum absolute atomic E-state index is 0.0525. The maximum atomic E-state index is 11.2. The number of hydrogen-bond acceptors (Lipinski definition) is 4. The molecule has 2 rings (SSSR count). The summed E-state index contributed by atoms with van der Waals surface area (Å²) in [6.45, 7) is 9.80. The normalized spacial score (nSPS) is 26.5. The van der Waals surface area contributed by atoms with Crippen LogP contribution < -0.4 is 10.2 Å². The van der Waals surface area contributed by atoms with Gasteiger partial charge in [0.1, 0.15) is 0 Å². The summed E-state index contributed by atoms with van der Waals surface area (Å²) in [5, 5.41) is 5.63.